The highest BCUT2D eigenvalue weighted by Crippen LogP contribution is 2.29. The SMILES string of the molecule is CC(C)(C(N)O)S(=O)(=O)c1cccc(OC[C@@H]2CO2)c1. The summed E-state index contributed by atoms with van der Waals surface area (Å²) < 4.78 is 34.0. The van der Waals surface area contributed by atoms with Crippen LogP contribution in [0.1, 0.15) is 13.8 Å². The maximum Gasteiger partial charge on any atom is 0.187 e. The summed E-state index contributed by atoms with van der Waals surface area (Å²) in [5.41, 5.74) is 5.37. The molecule has 1 unspecified atom stereocenters. The van der Waals surface area contributed by atoms with E-state index in [0.717, 1.165) is 0 Å². The summed E-state index contributed by atoms with van der Waals surface area (Å²) in [7, 11) is -3.77. The van der Waals surface area contributed by atoms with Crippen LogP contribution in [0.5, 0.6) is 5.75 Å². The second-order valence-electron chi connectivity index (χ2n) is 5.29. The minimum absolute atomic E-state index is 0.0706. The van der Waals surface area contributed by atoms with Crippen molar-refractivity contribution in [3.8, 4) is 5.75 Å². The normalized spacial score (nSPS) is 20.5. The van der Waals surface area contributed by atoms with E-state index in [4.69, 9.17) is 15.2 Å². The van der Waals surface area contributed by atoms with Gasteiger partial charge in [-0.05, 0) is 32.0 Å². The standard InChI is InChI=1S/C13H19NO5S/c1-13(2,12(14)15)20(16,17)11-5-3-4-9(6-11)18-7-10-8-19-10/h3-6,10,12,15H,7-8,14H2,1-2H3/t10-,12?/m1/s1. The van der Waals surface area contributed by atoms with E-state index in [2.05, 4.69) is 0 Å². The number of rotatable bonds is 6. The lowest BCUT2D eigenvalue weighted by Gasteiger charge is -2.27. The van der Waals surface area contributed by atoms with E-state index in [-0.39, 0.29) is 11.0 Å². The van der Waals surface area contributed by atoms with Crippen molar-refractivity contribution in [2.45, 2.75) is 35.8 Å². The maximum absolute atomic E-state index is 12.5. The topological polar surface area (TPSA) is 102 Å². The lowest BCUT2D eigenvalue weighted by atomic mass is 10.2. The zero-order valence-electron chi connectivity index (χ0n) is 11.4. The van der Waals surface area contributed by atoms with E-state index in [1.54, 1.807) is 12.1 Å². The first kappa shape index (κ1) is 15.2. The van der Waals surface area contributed by atoms with Gasteiger partial charge in [-0.3, -0.25) is 0 Å². The summed E-state index contributed by atoms with van der Waals surface area (Å²) in [5.74, 6) is 0.448. The van der Waals surface area contributed by atoms with E-state index in [0.29, 0.717) is 19.0 Å². The van der Waals surface area contributed by atoms with Crippen molar-refractivity contribution in [2.24, 2.45) is 5.73 Å². The van der Waals surface area contributed by atoms with Crippen LogP contribution in [0.15, 0.2) is 29.2 Å². The van der Waals surface area contributed by atoms with Crippen molar-refractivity contribution < 1.29 is 23.0 Å². The molecule has 1 aromatic rings. The quantitative estimate of drug-likeness (QED) is 0.578. The van der Waals surface area contributed by atoms with E-state index < -0.39 is 20.8 Å². The molecule has 1 aliphatic heterocycles. The molecule has 0 aliphatic carbocycles. The average molecular weight is 301 g/mol. The molecule has 0 saturated carbocycles. The number of epoxide rings is 1. The Kier molecular flexibility index (Phi) is 4.06. The first-order valence-electron chi connectivity index (χ1n) is 6.28. The predicted molar refractivity (Wildman–Crippen MR) is 73.1 cm³/mol. The first-order valence-corrected chi connectivity index (χ1v) is 7.76. The molecule has 0 bridgehead atoms. The van der Waals surface area contributed by atoms with Crippen LogP contribution in [0.2, 0.25) is 0 Å². The van der Waals surface area contributed by atoms with Crippen LogP contribution in [-0.4, -0.2) is 43.8 Å². The molecule has 1 saturated heterocycles. The fraction of sp³-hybridized carbons (Fsp3) is 0.538. The molecule has 6 nitrogen and oxygen atoms in total. The molecular formula is C13H19NO5S. The minimum Gasteiger partial charge on any atom is -0.491 e. The zero-order chi connectivity index (χ0) is 15.0. The number of benzene rings is 1. The molecule has 0 aromatic heterocycles. The lowest BCUT2D eigenvalue weighted by Crippen LogP contribution is -2.49. The fourth-order valence-electron chi connectivity index (χ4n) is 1.55. The summed E-state index contributed by atoms with van der Waals surface area (Å²) in [6.45, 7) is 3.84. The molecular weight excluding hydrogens is 282 g/mol. The fourth-order valence-corrected chi connectivity index (χ4v) is 3.00. The average Bonchev–Trinajstić information content (AvgIpc) is 3.20. The third-order valence-electron chi connectivity index (χ3n) is 3.36. The molecule has 0 amide bonds. The number of aliphatic hydroxyl groups is 1. The Morgan fingerprint density at radius 2 is 2.20 bits per heavy atom. The Hall–Kier alpha value is -1.15. The lowest BCUT2D eigenvalue weighted by molar-refractivity contribution is 0.144. The Morgan fingerprint density at radius 1 is 1.55 bits per heavy atom. The molecule has 1 fully saturated rings. The van der Waals surface area contributed by atoms with Gasteiger partial charge in [0.1, 0.15) is 29.4 Å². The van der Waals surface area contributed by atoms with Crippen LogP contribution in [0, 0.1) is 0 Å². The number of ether oxygens (including phenoxy) is 2. The first-order chi connectivity index (χ1) is 9.25. The molecule has 1 aromatic carbocycles. The highest BCUT2D eigenvalue weighted by Gasteiger charge is 2.40. The number of nitrogens with two attached hydrogens (primary N) is 1. The second kappa shape index (κ2) is 5.33. The van der Waals surface area contributed by atoms with Gasteiger partial charge in [0.15, 0.2) is 9.84 Å². The smallest absolute Gasteiger partial charge is 0.187 e. The summed E-state index contributed by atoms with van der Waals surface area (Å²) in [6.07, 6.45) is -1.38. The Bertz CT molecular complexity index is 578. The van der Waals surface area contributed by atoms with Crippen molar-refractivity contribution in [1.29, 1.82) is 0 Å². The van der Waals surface area contributed by atoms with Gasteiger partial charge in [0.25, 0.3) is 0 Å². The molecule has 7 heteroatoms. The molecule has 20 heavy (non-hydrogen) atoms. The molecule has 3 N–H and O–H groups in total. The molecule has 112 valence electrons. The second-order valence-corrected chi connectivity index (χ2v) is 7.82. The van der Waals surface area contributed by atoms with Gasteiger partial charge in [0.05, 0.1) is 11.5 Å². The van der Waals surface area contributed by atoms with Crippen LogP contribution in [0.3, 0.4) is 0 Å². The van der Waals surface area contributed by atoms with Crippen LogP contribution < -0.4 is 10.5 Å². The van der Waals surface area contributed by atoms with E-state index >= 15 is 0 Å². The van der Waals surface area contributed by atoms with Gasteiger partial charge < -0.3 is 20.3 Å². The summed E-state index contributed by atoms with van der Waals surface area (Å²) in [4.78, 5) is 0.0706. The summed E-state index contributed by atoms with van der Waals surface area (Å²) >= 11 is 0. The Balaban J connectivity index is 2.24. The number of sulfone groups is 1. The Labute approximate surface area is 118 Å². The van der Waals surface area contributed by atoms with Crippen molar-refractivity contribution in [2.75, 3.05) is 13.2 Å². The molecule has 2 rings (SSSR count). The van der Waals surface area contributed by atoms with Gasteiger partial charge in [-0.2, -0.15) is 0 Å². The zero-order valence-corrected chi connectivity index (χ0v) is 12.3. The molecule has 0 spiro atoms. The number of aliphatic hydroxyl groups excluding tert-OH is 1. The van der Waals surface area contributed by atoms with Crippen molar-refractivity contribution >= 4 is 9.84 Å². The summed E-state index contributed by atoms with van der Waals surface area (Å²) in [6, 6.07) is 6.16. The summed E-state index contributed by atoms with van der Waals surface area (Å²) in [5, 5.41) is 9.48. The Morgan fingerprint density at radius 3 is 2.75 bits per heavy atom. The molecule has 2 atom stereocenters. The third kappa shape index (κ3) is 2.95. The van der Waals surface area contributed by atoms with E-state index in [1.807, 2.05) is 0 Å². The van der Waals surface area contributed by atoms with Gasteiger partial charge >= 0.3 is 0 Å². The minimum atomic E-state index is -3.77. The van der Waals surface area contributed by atoms with Gasteiger partial charge in [-0.15, -0.1) is 0 Å². The third-order valence-corrected chi connectivity index (χ3v) is 5.86. The number of hydrogen-bond acceptors (Lipinski definition) is 6. The highest BCUT2D eigenvalue weighted by atomic mass is 32.2. The van der Waals surface area contributed by atoms with Crippen LogP contribution >= 0.6 is 0 Å². The van der Waals surface area contributed by atoms with Gasteiger partial charge in [-0.25, -0.2) is 8.42 Å². The molecule has 0 radical (unpaired) electrons. The van der Waals surface area contributed by atoms with Gasteiger partial charge in [-0.1, -0.05) is 6.07 Å². The van der Waals surface area contributed by atoms with Crippen LogP contribution in [0.4, 0.5) is 0 Å². The van der Waals surface area contributed by atoms with Crippen molar-refractivity contribution in [3.05, 3.63) is 24.3 Å². The predicted octanol–water partition coefficient (Wildman–Crippen LogP) is 0.294. The van der Waals surface area contributed by atoms with Gasteiger partial charge in [0, 0.05) is 0 Å². The highest BCUT2D eigenvalue weighted by molar-refractivity contribution is 7.92. The largest absolute Gasteiger partial charge is 0.491 e. The molecule has 1 heterocycles. The van der Waals surface area contributed by atoms with Crippen LogP contribution in [-0.2, 0) is 14.6 Å². The van der Waals surface area contributed by atoms with Gasteiger partial charge in [0.2, 0.25) is 0 Å². The molecule has 1 aliphatic rings. The van der Waals surface area contributed by atoms with Crippen molar-refractivity contribution in [3.63, 3.8) is 0 Å². The van der Waals surface area contributed by atoms with Crippen molar-refractivity contribution in [1.82, 2.24) is 0 Å². The maximum atomic E-state index is 12.5. The van der Waals surface area contributed by atoms with E-state index in [1.165, 1.54) is 26.0 Å². The van der Waals surface area contributed by atoms with Crippen LogP contribution in [0.25, 0.3) is 0 Å². The monoisotopic (exact) mass is 301 g/mol. The van der Waals surface area contributed by atoms with E-state index in [9.17, 15) is 13.5 Å². The number of hydrogen-bond donors (Lipinski definition) is 2.